The summed E-state index contributed by atoms with van der Waals surface area (Å²) >= 11 is 0. The Bertz CT molecular complexity index is 439. The topological polar surface area (TPSA) is 40.5 Å². The van der Waals surface area contributed by atoms with Crippen molar-refractivity contribution in [1.29, 1.82) is 0 Å². The molecule has 98 valence electrons. The molecule has 1 aliphatic heterocycles. The van der Waals surface area contributed by atoms with Crippen molar-refractivity contribution in [2.75, 3.05) is 13.1 Å². The van der Waals surface area contributed by atoms with Crippen molar-refractivity contribution in [3.8, 4) is 5.75 Å². The summed E-state index contributed by atoms with van der Waals surface area (Å²) in [5, 5.41) is 9.60. The lowest BCUT2D eigenvalue weighted by Crippen LogP contribution is -2.38. The van der Waals surface area contributed by atoms with Crippen LogP contribution in [0.15, 0.2) is 18.2 Å². The number of hydrogen-bond acceptors (Lipinski definition) is 2. The summed E-state index contributed by atoms with van der Waals surface area (Å²) in [7, 11) is 0. The van der Waals surface area contributed by atoms with E-state index in [1.54, 1.807) is 4.90 Å². The molecule has 0 aromatic heterocycles. The number of phenols is 1. The molecule has 2 rings (SSSR count). The smallest absolute Gasteiger partial charge is 0.257 e. The van der Waals surface area contributed by atoms with E-state index < -0.39 is 5.82 Å². The highest BCUT2D eigenvalue weighted by molar-refractivity contribution is 5.96. The van der Waals surface area contributed by atoms with Gasteiger partial charge in [-0.05, 0) is 30.9 Å². The number of rotatable bonds is 2. The molecule has 0 saturated carbocycles. The van der Waals surface area contributed by atoms with Crippen LogP contribution in [0.3, 0.4) is 0 Å². The first-order valence-electron chi connectivity index (χ1n) is 6.39. The molecule has 1 N–H and O–H groups in total. The van der Waals surface area contributed by atoms with Gasteiger partial charge in [-0.15, -0.1) is 0 Å². The predicted octanol–water partition coefficient (Wildman–Crippen LogP) is 2.79. The van der Waals surface area contributed by atoms with Crippen molar-refractivity contribution >= 4 is 5.91 Å². The fraction of sp³-hybridized carbons (Fsp3) is 0.500. The third kappa shape index (κ3) is 2.63. The van der Waals surface area contributed by atoms with Gasteiger partial charge in [0.2, 0.25) is 0 Å². The lowest BCUT2D eigenvalue weighted by Gasteiger charge is -2.31. The van der Waals surface area contributed by atoms with Gasteiger partial charge in [0.1, 0.15) is 11.6 Å². The highest BCUT2D eigenvalue weighted by Gasteiger charge is 2.24. The molecule has 0 aliphatic carbocycles. The highest BCUT2D eigenvalue weighted by atomic mass is 19.1. The first-order chi connectivity index (χ1) is 8.61. The lowest BCUT2D eigenvalue weighted by atomic mass is 9.94. The standard InChI is InChI=1S/C14H18FNO2/c1-2-10-5-7-16(8-6-10)14(18)12-4-3-11(15)9-13(12)17/h3-4,9-10,17H,2,5-8H2,1H3. The van der Waals surface area contributed by atoms with Gasteiger partial charge in [-0.1, -0.05) is 13.3 Å². The van der Waals surface area contributed by atoms with Crippen molar-refractivity contribution in [3.63, 3.8) is 0 Å². The molecule has 0 unspecified atom stereocenters. The molecule has 1 heterocycles. The third-order valence-electron chi connectivity index (χ3n) is 3.67. The third-order valence-corrected chi connectivity index (χ3v) is 3.67. The van der Waals surface area contributed by atoms with E-state index in [4.69, 9.17) is 0 Å². The second-order valence-electron chi connectivity index (χ2n) is 4.81. The van der Waals surface area contributed by atoms with E-state index in [1.165, 1.54) is 12.1 Å². The fourth-order valence-electron chi connectivity index (χ4n) is 2.40. The SMILES string of the molecule is CCC1CCN(C(=O)c2ccc(F)cc2O)CC1. The van der Waals surface area contributed by atoms with Gasteiger partial charge >= 0.3 is 0 Å². The largest absolute Gasteiger partial charge is 0.507 e. The second-order valence-corrected chi connectivity index (χ2v) is 4.81. The number of amides is 1. The number of likely N-dealkylation sites (tertiary alicyclic amines) is 1. The van der Waals surface area contributed by atoms with Crippen LogP contribution in [0, 0.1) is 11.7 Å². The highest BCUT2D eigenvalue weighted by Crippen LogP contribution is 2.24. The van der Waals surface area contributed by atoms with Crippen LogP contribution in [0.1, 0.15) is 36.5 Å². The van der Waals surface area contributed by atoms with Gasteiger partial charge in [0.15, 0.2) is 0 Å². The molecular weight excluding hydrogens is 233 g/mol. The molecule has 4 heteroatoms. The number of hydrogen-bond donors (Lipinski definition) is 1. The molecule has 1 fully saturated rings. The van der Waals surface area contributed by atoms with Gasteiger partial charge in [0, 0.05) is 19.2 Å². The molecule has 1 amide bonds. The van der Waals surface area contributed by atoms with Crippen LogP contribution in [0.4, 0.5) is 4.39 Å². The van der Waals surface area contributed by atoms with E-state index in [2.05, 4.69) is 6.92 Å². The maximum atomic E-state index is 12.9. The Morgan fingerprint density at radius 3 is 2.67 bits per heavy atom. The van der Waals surface area contributed by atoms with Crippen LogP contribution in [0.25, 0.3) is 0 Å². The van der Waals surface area contributed by atoms with Crippen LogP contribution >= 0.6 is 0 Å². The Hall–Kier alpha value is -1.58. The molecule has 0 atom stereocenters. The molecule has 3 nitrogen and oxygen atoms in total. The summed E-state index contributed by atoms with van der Waals surface area (Å²) in [6, 6.07) is 3.52. The number of carbonyl (C=O) groups is 1. The summed E-state index contributed by atoms with van der Waals surface area (Å²) in [5.74, 6) is -0.329. The molecule has 1 saturated heterocycles. The predicted molar refractivity (Wildman–Crippen MR) is 67.0 cm³/mol. The molecule has 1 aromatic rings. The van der Waals surface area contributed by atoms with Crippen molar-refractivity contribution in [2.45, 2.75) is 26.2 Å². The van der Waals surface area contributed by atoms with Crippen LogP contribution in [-0.2, 0) is 0 Å². The number of benzene rings is 1. The summed E-state index contributed by atoms with van der Waals surface area (Å²) in [6.45, 7) is 3.59. The second kappa shape index (κ2) is 5.38. The van der Waals surface area contributed by atoms with Crippen LogP contribution in [-0.4, -0.2) is 29.0 Å². The van der Waals surface area contributed by atoms with Crippen LogP contribution in [0.5, 0.6) is 5.75 Å². The minimum Gasteiger partial charge on any atom is -0.507 e. The molecule has 0 radical (unpaired) electrons. The Morgan fingerprint density at radius 2 is 2.11 bits per heavy atom. The Kier molecular flexibility index (Phi) is 3.84. The quantitative estimate of drug-likeness (QED) is 0.878. The number of nitrogens with zero attached hydrogens (tertiary/aromatic N) is 1. The monoisotopic (exact) mass is 251 g/mol. The number of piperidine rings is 1. The minimum atomic E-state index is -0.534. The van der Waals surface area contributed by atoms with E-state index in [-0.39, 0.29) is 17.2 Å². The molecule has 1 aliphatic rings. The minimum absolute atomic E-state index is 0.186. The van der Waals surface area contributed by atoms with Crippen molar-refractivity contribution in [1.82, 2.24) is 4.90 Å². The van der Waals surface area contributed by atoms with Crippen molar-refractivity contribution in [2.24, 2.45) is 5.92 Å². The molecule has 0 spiro atoms. The van der Waals surface area contributed by atoms with E-state index in [9.17, 15) is 14.3 Å². The summed E-state index contributed by atoms with van der Waals surface area (Å²) in [5.41, 5.74) is 0.186. The van der Waals surface area contributed by atoms with Gasteiger partial charge in [-0.2, -0.15) is 0 Å². The van der Waals surface area contributed by atoms with Crippen LogP contribution < -0.4 is 0 Å². The van der Waals surface area contributed by atoms with Gasteiger partial charge in [0.25, 0.3) is 5.91 Å². The molecule has 1 aromatic carbocycles. The number of aromatic hydroxyl groups is 1. The van der Waals surface area contributed by atoms with Gasteiger partial charge in [-0.3, -0.25) is 4.79 Å². The molecule has 18 heavy (non-hydrogen) atoms. The first-order valence-corrected chi connectivity index (χ1v) is 6.39. The fourth-order valence-corrected chi connectivity index (χ4v) is 2.40. The zero-order valence-corrected chi connectivity index (χ0v) is 10.5. The maximum Gasteiger partial charge on any atom is 0.257 e. The number of halogens is 1. The normalized spacial score (nSPS) is 16.9. The van der Waals surface area contributed by atoms with E-state index >= 15 is 0 Å². The number of phenolic OH excluding ortho intramolecular Hbond substituents is 1. The molecular formula is C14H18FNO2. The Labute approximate surface area is 106 Å². The van der Waals surface area contributed by atoms with E-state index in [0.717, 1.165) is 25.3 Å². The Balaban J connectivity index is 2.08. The van der Waals surface area contributed by atoms with Gasteiger partial charge in [-0.25, -0.2) is 4.39 Å². The summed E-state index contributed by atoms with van der Waals surface area (Å²) in [4.78, 5) is 13.9. The van der Waals surface area contributed by atoms with Crippen molar-refractivity contribution in [3.05, 3.63) is 29.6 Å². The average Bonchev–Trinajstić information content (AvgIpc) is 2.38. The van der Waals surface area contributed by atoms with E-state index in [1.807, 2.05) is 0 Å². The van der Waals surface area contributed by atoms with Gasteiger partial charge < -0.3 is 10.0 Å². The molecule has 0 bridgehead atoms. The average molecular weight is 251 g/mol. The first kappa shape index (κ1) is 12.9. The lowest BCUT2D eigenvalue weighted by molar-refractivity contribution is 0.0685. The summed E-state index contributed by atoms with van der Waals surface area (Å²) in [6.07, 6.45) is 3.15. The van der Waals surface area contributed by atoms with E-state index in [0.29, 0.717) is 19.0 Å². The number of carbonyl (C=O) groups excluding carboxylic acids is 1. The Morgan fingerprint density at radius 1 is 1.44 bits per heavy atom. The van der Waals surface area contributed by atoms with Crippen molar-refractivity contribution < 1.29 is 14.3 Å². The zero-order valence-electron chi connectivity index (χ0n) is 10.5. The zero-order chi connectivity index (χ0) is 13.1. The maximum absolute atomic E-state index is 12.9. The van der Waals surface area contributed by atoms with Gasteiger partial charge in [0.05, 0.1) is 5.56 Å². The summed E-state index contributed by atoms with van der Waals surface area (Å²) < 4.78 is 12.9. The van der Waals surface area contributed by atoms with Crippen LogP contribution in [0.2, 0.25) is 0 Å².